The molecule has 2 aromatic carbocycles. The lowest BCUT2D eigenvalue weighted by atomic mass is 9.83. The quantitative estimate of drug-likeness (QED) is 0.669. The Balaban J connectivity index is 1.65. The molecule has 0 bridgehead atoms. The second-order valence-electron chi connectivity index (χ2n) is 8.10. The Hall–Kier alpha value is -2.11. The van der Waals surface area contributed by atoms with Gasteiger partial charge in [0.15, 0.2) is 17.7 Å². The van der Waals surface area contributed by atoms with Gasteiger partial charge in [0.05, 0.1) is 10.9 Å². The van der Waals surface area contributed by atoms with Gasteiger partial charge in [0.2, 0.25) is 0 Å². The van der Waals surface area contributed by atoms with E-state index in [0.717, 1.165) is 28.1 Å². The molecule has 26 heavy (non-hydrogen) atoms. The smallest absolute Gasteiger partial charge is 0.166 e. The Morgan fingerprint density at radius 2 is 1.88 bits per heavy atom. The molecule has 4 rings (SSSR count). The first kappa shape index (κ1) is 17.3. The van der Waals surface area contributed by atoms with Crippen molar-refractivity contribution in [2.45, 2.75) is 45.0 Å². The maximum absolute atomic E-state index is 10.5. The van der Waals surface area contributed by atoms with Crippen LogP contribution in [0.25, 0.3) is 0 Å². The maximum atomic E-state index is 10.5. The van der Waals surface area contributed by atoms with Crippen molar-refractivity contribution < 1.29 is 9.84 Å². The molecule has 1 saturated heterocycles. The third-order valence-corrected chi connectivity index (χ3v) is 5.57. The molecule has 0 radical (unpaired) electrons. The van der Waals surface area contributed by atoms with Crippen molar-refractivity contribution in [1.29, 1.82) is 0 Å². The predicted molar refractivity (Wildman–Crippen MR) is 106 cm³/mol. The van der Waals surface area contributed by atoms with Crippen LogP contribution in [0.2, 0.25) is 0 Å². The molecule has 136 valence electrons. The Kier molecular flexibility index (Phi) is 4.16. The highest BCUT2D eigenvalue weighted by atomic mass is 32.1. The number of benzene rings is 2. The fourth-order valence-electron chi connectivity index (χ4n) is 3.61. The second-order valence-corrected chi connectivity index (χ2v) is 8.54. The zero-order valence-corrected chi connectivity index (χ0v) is 16.1. The molecule has 0 aromatic heterocycles. The molecule has 2 heterocycles. The zero-order chi connectivity index (χ0) is 18.5. The van der Waals surface area contributed by atoms with Crippen molar-refractivity contribution >= 4 is 17.2 Å². The van der Waals surface area contributed by atoms with Gasteiger partial charge in [0.25, 0.3) is 0 Å². The molecular formula is C21H24N2O2S. The maximum Gasteiger partial charge on any atom is 0.166 e. The van der Waals surface area contributed by atoms with Crippen molar-refractivity contribution in [3.8, 4) is 11.5 Å². The molecule has 2 aromatic rings. The van der Waals surface area contributed by atoms with Gasteiger partial charge < -0.3 is 15.2 Å². The highest BCUT2D eigenvalue weighted by Gasteiger charge is 2.40. The van der Waals surface area contributed by atoms with Crippen LogP contribution in [-0.2, 0) is 11.8 Å². The molecule has 3 N–H and O–H groups in total. The summed E-state index contributed by atoms with van der Waals surface area (Å²) in [6, 6.07) is 14.1. The molecule has 0 spiro atoms. The minimum absolute atomic E-state index is 0.0364. The third kappa shape index (κ3) is 3.06. The average Bonchev–Trinajstić information content (AvgIpc) is 2.60. The molecule has 2 aliphatic rings. The number of phenols is 1. The fraction of sp³-hybridized carbons (Fsp3) is 0.381. The summed E-state index contributed by atoms with van der Waals surface area (Å²) in [6.07, 6.45) is 0.396. The standard InChI is InChI=1S/C21H24N2O2S/c1-21(2,3)14-9-13-10-15-19(25-17(13)16(24)11-14)22-18(23-20(15)26)12-7-5-4-6-8-12/h4-9,11,15,18-19,22,24H,10H2,1-3H3,(H,23,26). The van der Waals surface area contributed by atoms with E-state index in [-0.39, 0.29) is 29.5 Å². The molecule has 0 amide bonds. The summed E-state index contributed by atoms with van der Waals surface area (Å²) in [5.41, 5.74) is 3.18. The minimum atomic E-state index is -0.257. The van der Waals surface area contributed by atoms with Gasteiger partial charge in [-0.3, -0.25) is 5.32 Å². The van der Waals surface area contributed by atoms with Crippen LogP contribution in [0.15, 0.2) is 42.5 Å². The lowest BCUT2D eigenvalue weighted by molar-refractivity contribution is 0.0771. The first-order valence-electron chi connectivity index (χ1n) is 8.97. The van der Waals surface area contributed by atoms with Gasteiger partial charge in [-0.15, -0.1) is 0 Å². The molecule has 1 fully saturated rings. The number of phenolic OH excluding ortho intramolecular Hbond substituents is 1. The Morgan fingerprint density at radius 1 is 1.15 bits per heavy atom. The van der Waals surface area contributed by atoms with E-state index in [1.54, 1.807) is 0 Å². The first-order chi connectivity index (χ1) is 12.3. The van der Waals surface area contributed by atoms with E-state index in [4.69, 9.17) is 17.0 Å². The normalized spacial score (nSPS) is 24.9. The van der Waals surface area contributed by atoms with Crippen molar-refractivity contribution in [2.75, 3.05) is 0 Å². The van der Waals surface area contributed by atoms with Crippen LogP contribution in [0.3, 0.4) is 0 Å². The van der Waals surface area contributed by atoms with Crippen molar-refractivity contribution in [3.05, 3.63) is 59.2 Å². The van der Waals surface area contributed by atoms with E-state index in [0.29, 0.717) is 5.75 Å². The fourth-order valence-corrected chi connectivity index (χ4v) is 3.93. The van der Waals surface area contributed by atoms with Gasteiger partial charge in [-0.1, -0.05) is 69.4 Å². The zero-order valence-electron chi connectivity index (χ0n) is 15.2. The van der Waals surface area contributed by atoms with Crippen molar-refractivity contribution in [1.82, 2.24) is 10.6 Å². The molecule has 3 atom stereocenters. The summed E-state index contributed by atoms with van der Waals surface area (Å²) >= 11 is 5.66. The first-order valence-corrected chi connectivity index (χ1v) is 9.38. The number of aromatic hydroxyl groups is 1. The van der Waals surface area contributed by atoms with Crippen molar-refractivity contribution in [2.24, 2.45) is 5.92 Å². The highest BCUT2D eigenvalue weighted by Crippen LogP contribution is 2.42. The summed E-state index contributed by atoms with van der Waals surface area (Å²) < 4.78 is 6.17. The number of nitrogens with one attached hydrogen (secondary N) is 2. The number of hydrogen-bond donors (Lipinski definition) is 3. The van der Waals surface area contributed by atoms with Gasteiger partial charge >= 0.3 is 0 Å². The van der Waals surface area contributed by atoms with E-state index < -0.39 is 0 Å². The monoisotopic (exact) mass is 368 g/mol. The van der Waals surface area contributed by atoms with Gasteiger partial charge in [-0.2, -0.15) is 0 Å². The van der Waals surface area contributed by atoms with Crippen molar-refractivity contribution in [3.63, 3.8) is 0 Å². The second kappa shape index (κ2) is 6.25. The molecular weight excluding hydrogens is 344 g/mol. The van der Waals surface area contributed by atoms with Crippen LogP contribution in [0.5, 0.6) is 11.5 Å². The van der Waals surface area contributed by atoms with E-state index >= 15 is 0 Å². The highest BCUT2D eigenvalue weighted by molar-refractivity contribution is 7.80. The Labute approximate surface area is 159 Å². The van der Waals surface area contributed by atoms with Crippen LogP contribution in [0.4, 0.5) is 0 Å². The average molecular weight is 369 g/mol. The number of rotatable bonds is 1. The third-order valence-electron chi connectivity index (χ3n) is 5.15. The molecule has 4 nitrogen and oxygen atoms in total. The molecule has 3 unspecified atom stereocenters. The summed E-state index contributed by atoms with van der Waals surface area (Å²) in [4.78, 5) is 0.800. The van der Waals surface area contributed by atoms with Gasteiger partial charge in [0, 0.05) is 0 Å². The summed E-state index contributed by atoms with van der Waals surface area (Å²) in [6.45, 7) is 6.42. The van der Waals surface area contributed by atoms with Gasteiger partial charge in [0.1, 0.15) is 6.17 Å². The van der Waals surface area contributed by atoms with Crippen LogP contribution >= 0.6 is 12.2 Å². The molecule has 0 saturated carbocycles. The summed E-state index contributed by atoms with van der Waals surface area (Å²) in [5, 5.41) is 17.4. The number of fused-ring (bicyclic) bond motifs is 2. The van der Waals surface area contributed by atoms with E-state index in [9.17, 15) is 5.11 Å². The summed E-state index contributed by atoms with van der Waals surface area (Å²) in [7, 11) is 0. The minimum Gasteiger partial charge on any atom is -0.504 e. The molecule has 2 aliphatic heterocycles. The SMILES string of the molecule is CC(C)(C)c1cc(O)c2c(c1)CC1C(=S)NC(c3ccccc3)NC1O2. The largest absolute Gasteiger partial charge is 0.504 e. The Bertz CT molecular complexity index is 845. The Morgan fingerprint density at radius 3 is 2.58 bits per heavy atom. The van der Waals surface area contributed by atoms with E-state index in [2.05, 4.69) is 49.6 Å². The predicted octanol–water partition coefficient (Wildman–Crippen LogP) is 3.79. The number of hydrogen-bond acceptors (Lipinski definition) is 4. The van der Waals surface area contributed by atoms with Gasteiger partial charge in [-0.25, -0.2) is 0 Å². The van der Waals surface area contributed by atoms with Gasteiger partial charge in [-0.05, 0) is 34.6 Å². The summed E-state index contributed by atoms with van der Waals surface area (Å²) in [5.74, 6) is 0.823. The van der Waals surface area contributed by atoms with Crippen LogP contribution in [0.1, 0.15) is 43.6 Å². The topological polar surface area (TPSA) is 53.5 Å². The molecule has 5 heteroatoms. The van der Waals surface area contributed by atoms with Crippen LogP contribution < -0.4 is 15.4 Å². The number of thiocarbonyl (C=S) groups is 1. The van der Waals surface area contributed by atoms with Crippen LogP contribution in [-0.4, -0.2) is 16.3 Å². The van der Waals surface area contributed by atoms with Crippen LogP contribution in [0, 0.1) is 5.92 Å². The van der Waals surface area contributed by atoms with E-state index in [1.807, 2.05) is 24.3 Å². The number of ether oxygens (including phenoxy) is 1. The lowest BCUT2D eigenvalue weighted by Gasteiger charge is -2.42. The molecule has 0 aliphatic carbocycles. The van der Waals surface area contributed by atoms with E-state index in [1.165, 1.54) is 0 Å². The lowest BCUT2D eigenvalue weighted by Crippen LogP contribution is -2.60.